The maximum atomic E-state index is 12.2. The zero-order valence-corrected chi connectivity index (χ0v) is 16.1. The van der Waals surface area contributed by atoms with Crippen LogP contribution in [0.15, 0.2) is 41.5 Å². The Morgan fingerprint density at radius 2 is 1.96 bits per heavy atom. The molecule has 1 saturated heterocycles. The molecule has 0 unspecified atom stereocenters. The summed E-state index contributed by atoms with van der Waals surface area (Å²) in [6.45, 7) is 2.45. The van der Waals surface area contributed by atoms with E-state index in [0.717, 1.165) is 5.69 Å². The van der Waals surface area contributed by atoms with E-state index in [4.69, 9.17) is 27.9 Å². The van der Waals surface area contributed by atoms with Gasteiger partial charge in [-0.3, -0.25) is 14.9 Å². The van der Waals surface area contributed by atoms with E-state index in [2.05, 4.69) is 10.5 Å². The average molecular weight is 423 g/mol. The lowest BCUT2D eigenvalue weighted by molar-refractivity contribution is -0.384. The lowest BCUT2D eigenvalue weighted by atomic mass is 10.1. The largest absolute Gasteiger partial charge is 0.378 e. The Kier molecular flexibility index (Phi) is 6.45. The van der Waals surface area contributed by atoms with Gasteiger partial charge in [-0.05, 0) is 24.3 Å². The van der Waals surface area contributed by atoms with Crippen LogP contribution in [0.25, 0.3) is 0 Å². The van der Waals surface area contributed by atoms with Crippen molar-refractivity contribution < 1.29 is 14.5 Å². The Bertz CT molecular complexity index is 930. The lowest BCUT2D eigenvalue weighted by Crippen LogP contribution is -2.36. The van der Waals surface area contributed by atoms with Gasteiger partial charge in [-0.1, -0.05) is 23.2 Å². The van der Waals surface area contributed by atoms with Crippen molar-refractivity contribution in [2.24, 2.45) is 5.10 Å². The fourth-order valence-electron chi connectivity index (χ4n) is 2.75. The highest BCUT2D eigenvalue weighted by Crippen LogP contribution is 2.25. The molecule has 1 N–H and O–H groups in total. The number of carbonyl (C=O) groups excluding carboxylic acids is 1. The minimum absolute atomic E-state index is 0.0643. The molecular weight excluding hydrogens is 407 g/mol. The number of amides is 1. The first-order valence-corrected chi connectivity index (χ1v) is 9.11. The van der Waals surface area contributed by atoms with E-state index in [9.17, 15) is 14.9 Å². The number of hydrogen-bond donors (Lipinski definition) is 1. The van der Waals surface area contributed by atoms with Gasteiger partial charge in [-0.2, -0.15) is 5.10 Å². The van der Waals surface area contributed by atoms with Crippen molar-refractivity contribution in [3.63, 3.8) is 0 Å². The second-order valence-corrected chi connectivity index (χ2v) is 6.77. The highest BCUT2D eigenvalue weighted by atomic mass is 35.5. The molecule has 1 fully saturated rings. The smallest absolute Gasteiger partial charge is 0.272 e. The number of halogens is 2. The van der Waals surface area contributed by atoms with Crippen molar-refractivity contribution in [2.45, 2.75) is 0 Å². The van der Waals surface area contributed by atoms with Crippen molar-refractivity contribution in [1.29, 1.82) is 0 Å². The zero-order valence-electron chi connectivity index (χ0n) is 14.6. The molecule has 8 nitrogen and oxygen atoms in total. The van der Waals surface area contributed by atoms with Crippen LogP contribution < -0.4 is 10.3 Å². The molecule has 0 atom stereocenters. The average Bonchev–Trinajstić information content (AvgIpc) is 2.68. The summed E-state index contributed by atoms with van der Waals surface area (Å²) in [7, 11) is 0. The third-order valence-electron chi connectivity index (χ3n) is 4.12. The van der Waals surface area contributed by atoms with Gasteiger partial charge in [0.05, 0.1) is 34.9 Å². The number of nitrogens with one attached hydrogen (secondary N) is 1. The molecule has 0 aromatic heterocycles. The number of anilines is 1. The molecule has 0 aliphatic carbocycles. The van der Waals surface area contributed by atoms with E-state index in [0.29, 0.717) is 36.9 Å². The number of hydrazone groups is 1. The topological polar surface area (TPSA) is 97.1 Å². The van der Waals surface area contributed by atoms with E-state index in [1.807, 2.05) is 4.90 Å². The van der Waals surface area contributed by atoms with Gasteiger partial charge in [0.1, 0.15) is 0 Å². The molecular formula is C18H16Cl2N4O4. The Morgan fingerprint density at radius 3 is 2.64 bits per heavy atom. The van der Waals surface area contributed by atoms with Crippen LogP contribution >= 0.6 is 23.2 Å². The highest BCUT2D eigenvalue weighted by Gasteiger charge is 2.17. The molecule has 0 spiro atoms. The normalized spacial score (nSPS) is 14.3. The summed E-state index contributed by atoms with van der Waals surface area (Å²) in [6, 6.07) is 9.01. The van der Waals surface area contributed by atoms with Crippen LogP contribution in [0.4, 0.5) is 11.4 Å². The third-order valence-corrected chi connectivity index (χ3v) is 4.67. The summed E-state index contributed by atoms with van der Waals surface area (Å²) in [5, 5.41) is 15.7. The minimum atomic E-state index is -0.517. The lowest BCUT2D eigenvalue weighted by Gasteiger charge is -2.29. The van der Waals surface area contributed by atoms with Crippen molar-refractivity contribution in [3.8, 4) is 0 Å². The quantitative estimate of drug-likeness (QED) is 0.451. The highest BCUT2D eigenvalue weighted by molar-refractivity contribution is 6.36. The maximum absolute atomic E-state index is 12.2. The van der Waals surface area contributed by atoms with Crippen LogP contribution in [-0.4, -0.2) is 43.3 Å². The van der Waals surface area contributed by atoms with Gasteiger partial charge in [-0.15, -0.1) is 0 Å². The number of morpholine rings is 1. The van der Waals surface area contributed by atoms with Gasteiger partial charge >= 0.3 is 0 Å². The third kappa shape index (κ3) is 4.78. The van der Waals surface area contributed by atoms with Gasteiger partial charge in [0, 0.05) is 41.5 Å². The fraction of sp³-hybridized carbons (Fsp3) is 0.222. The maximum Gasteiger partial charge on any atom is 0.272 e. The molecule has 1 aliphatic heterocycles. The van der Waals surface area contributed by atoms with Gasteiger partial charge in [0.2, 0.25) is 0 Å². The summed E-state index contributed by atoms with van der Waals surface area (Å²) in [6.07, 6.45) is 1.37. The number of carbonyl (C=O) groups is 1. The van der Waals surface area contributed by atoms with Crippen molar-refractivity contribution in [1.82, 2.24) is 5.43 Å². The Hall–Kier alpha value is -2.68. The van der Waals surface area contributed by atoms with E-state index >= 15 is 0 Å². The molecule has 28 heavy (non-hydrogen) atoms. The van der Waals surface area contributed by atoms with Gasteiger partial charge in [-0.25, -0.2) is 5.43 Å². The van der Waals surface area contributed by atoms with Crippen LogP contribution in [0.5, 0.6) is 0 Å². The molecule has 1 aliphatic rings. The number of rotatable bonds is 5. The number of nitro benzene ring substituents is 1. The van der Waals surface area contributed by atoms with E-state index in [1.54, 1.807) is 12.1 Å². The molecule has 2 aromatic carbocycles. The van der Waals surface area contributed by atoms with E-state index in [1.165, 1.54) is 30.5 Å². The van der Waals surface area contributed by atoms with Crippen molar-refractivity contribution in [3.05, 3.63) is 67.7 Å². The van der Waals surface area contributed by atoms with Crippen LogP contribution in [0.1, 0.15) is 15.9 Å². The second kappa shape index (κ2) is 9.01. The molecule has 146 valence electrons. The van der Waals surface area contributed by atoms with Crippen LogP contribution in [0.3, 0.4) is 0 Å². The molecule has 0 radical (unpaired) electrons. The van der Waals surface area contributed by atoms with Crippen molar-refractivity contribution in [2.75, 3.05) is 31.2 Å². The van der Waals surface area contributed by atoms with Crippen LogP contribution in [0, 0.1) is 10.1 Å². The van der Waals surface area contributed by atoms with Crippen LogP contribution in [0.2, 0.25) is 10.0 Å². The zero-order chi connectivity index (χ0) is 20.1. The predicted molar refractivity (Wildman–Crippen MR) is 108 cm³/mol. The predicted octanol–water partition coefficient (Wildman–Crippen LogP) is 3.50. The number of nitro groups is 1. The summed E-state index contributed by atoms with van der Waals surface area (Å²) in [5.74, 6) is -0.517. The molecule has 2 aromatic rings. The number of benzene rings is 2. The molecule has 1 heterocycles. The molecule has 1 amide bonds. The summed E-state index contributed by atoms with van der Waals surface area (Å²) in [4.78, 5) is 24.9. The van der Waals surface area contributed by atoms with Gasteiger partial charge in [0.15, 0.2) is 0 Å². The number of ether oxygens (including phenoxy) is 1. The first-order chi connectivity index (χ1) is 13.5. The Labute approximate surface area is 170 Å². The van der Waals surface area contributed by atoms with Crippen LogP contribution in [-0.2, 0) is 4.74 Å². The molecule has 10 heteroatoms. The van der Waals surface area contributed by atoms with Crippen molar-refractivity contribution >= 4 is 46.7 Å². The number of nitrogens with zero attached hydrogens (tertiary/aromatic N) is 3. The van der Waals surface area contributed by atoms with E-state index in [-0.39, 0.29) is 16.3 Å². The Balaban J connectivity index is 1.81. The molecule has 0 saturated carbocycles. The fourth-order valence-corrected chi connectivity index (χ4v) is 3.24. The first-order valence-electron chi connectivity index (χ1n) is 8.35. The number of hydrogen-bond acceptors (Lipinski definition) is 6. The first kappa shape index (κ1) is 20.1. The monoisotopic (exact) mass is 422 g/mol. The van der Waals surface area contributed by atoms with Gasteiger partial charge in [0.25, 0.3) is 11.6 Å². The minimum Gasteiger partial charge on any atom is -0.378 e. The SMILES string of the molecule is O=C(N/N=C\c1cc([N+](=O)[O-])ccc1N1CCOCC1)c1ccc(Cl)cc1Cl. The van der Waals surface area contributed by atoms with Gasteiger partial charge < -0.3 is 9.64 Å². The second-order valence-electron chi connectivity index (χ2n) is 5.92. The molecule has 3 rings (SSSR count). The summed E-state index contributed by atoms with van der Waals surface area (Å²) < 4.78 is 5.34. The van der Waals surface area contributed by atoms with E-state index < -0.39 is 10.8 Å². The Morgan fingerprint density at radius 1 is 1.21 bits per heavy atom. The summed E-state index contributed by atoms with van der Waals surface area (Å²) >= 11 is 11.8. The number of non-ortho nitro benzene ring substituents is 1. The molecule has 0 bridgehead atoms. The standard InChI is InChI=1S/C18H16Cl2N4O4/c19-13-1-3-15(16(20)10-13)18(25)22-21-11-12-9-14(24(26)27)2-4-17(12)23-5-7-28-8-6-23/h1-4,9-11H,5-8H2,(H,22,25)/b21-11-. The summed E-state index contributed by atoms with van der Waals surface area (Å²) in [5.41, 5.74) is 3.82.